The SMILES string of the molecule is CC(C)(C)c1ccc2c(c1)c1ccc(C(C)(C)C)cc1n2-c1cc(-c2c(F)cc(C#N)cc2F)cc(-n2c3ccc(C(C)(C)C)cc3c3ccc(C(C)(C)C)cc32)c1. The van der Waals surface area contributed by atoms with E-state index in [1.54, 1.807) is 0 Å². The van der Waals surface area contributed by atoms with Crippen LogP contribution < -0.4 is 0 Å². The van der Waals surface area contributed by atoms with Gasteiger partial charge >= 0.3 is 0 Å². The lowest BCUT2D eigenvalue weighted by Crippen LogP contribution is -2.11. The highest BCUT2D eigenvalue weighted by Crippen LogP contribution is 2.42. The monoisotopic (exact) mass is 769 g/mol. The zero-order valence-corrected chi connectivity index (χ0v) is 35.9. The largest absolute Gasteiger partial charge is 0.309 e. The molecular formula is C53H53F2N3. The fourth-order valence-electron chi connectivity index (χ4n) is 8.38. The van der Waals surface area contributed by atoms with E-state index in [0.29, 0.717) is 5.56 Å². The molecule has 0 amide bonds. The lowest BCUT2D eigenvalue weighted by molar-refractivity contribution is 0.588. The normalized spacial score (nSPS) is 13.0. The summed E-state index contributed by atoms with van der Waals surface area (Å²) in [7, 11) is 0. The minimum absolute atomic E-state index is 0.0614. The van der Waals surface area contributed by atoms with Crippen molar-refractivity contribution in [2.75, 3.05) is 0 Å². The highest BCUT2D eigenvalue weighted by molar-refractivity contribution is 6.11. The lowest BCUT2D eigenvalue weighted by Gasteiger charge is -2.21. The van der Waals surface area contributed by atoms with Crippen molar-refractivity contribution in [2.24, 2.45) is 0 Å². The van der Waals surface area contributed by atoms with E-state index in [0.717, 1.165) is 67.1 Å². The van der Waals surface area contributed by atoms with Crippen molar-refractivity contribution in [3.8, 4) is 28.6 Å². The molecule has 0 atom stereocenters. The molecule has 0 aliphatic rings. The molecule has 0 aliphatic carbocycles. The quantitative estimate of drug-likeness (QED) is 0.176. The molecule has 2 aromatic heterocycles. The molecule has 5 heteroatoms. The van der Waals surface area contributed by atoms with Gasteiger partial charge < -0.3 is 9.13 Å². The van der Waals surface area contributed by atoms with E-state index in [9.17, 15) is 5.26 Å². The van der Waals surface area contributed by atoms with Crippen molar-refractivity contribution in [3.05, 3.63) is 143 Å². The van der Waals surface area contributed by atoms with Crippen LogP contribution in [0.3, 0.4) is 0 Å². The lowest BCUT2D eigenvalue weighted by atomic mass is 9.85. The number of hydrogen-bond acceptors (Lipinski definition) is 1. The molecule has 58 heavy (non-hydrogen) atoms. The van der Waals surface area contributed by atoms with Gasteiger partial charge in [0.25, 0.3) is 0 Å². The second-order valence-electron chi connectivity index (χ2n) is 20.3. The van der Waals surface area contributed by atoms with Crippen LogP contribution in [-0.2, 0) is 21.7 Å². The summed E-state index contributed by atoms with van der Waals surface area (Å²) in [6.45, 7) is 26.6. The van der Waals surface area contributed by atoms with Crippen LogP contribution in [0.5, 0.6) is 0 Å². The van der Waals surface area contributed by atoms with Crippen LogP contribution in [0, 0.1) is 23.0 Å². The average molecular weight is 770 g/mol. The van der Waals surface area contributed by atoms with E-state index in [4.69, 9.17) is 0 Å². The van der Waals surface area contributed by atoms with Crippen LogP contribution in [0.25, 0.3) is 66.1 Å². The third kappa shape index (κ3) is 6.57. The molecule has 0 saturated heterocycles. The maximum absolute atomic E-state index is 16.2. The van der Waals surface area contributed by atoms with Crippen molar-refractivity contribution in [1.29, 1.82) is 5.26 Å². The number of rotatable bonds is 3. The Morgan fingerprint density at radius 1 is 0.414 bits per heavy atom. The van der Waals surface area contributed by atoms with Crippen molar-refractivity contribution in [2.45, 2.75) is 105 Å². The van der Waals surface area contributed by atoms with Gasteiger partial charge in [-0.3, -0.25) is 0 Å². The summed E-state index contributed by atoms with van der Waals surface area (Å²) in [5.74, 6) is -1.56. The standard InChI is InChI=1S/C53H53F2N3/c1-50(2,3)33-15-19-45-41(25-33)39-17-13-35(52(7,8)9)27-47(39)57(45)37-23-32(49-43(54)21-31(30-56)22-44(49)55)24-38(29-37)58-46-20-16-34(51(4,5)6)26-42(46)40-18-14-36(28-48(40)58)53(10,11)12/h13-29H,1-12H3. The van der Waals surface area contributed by atoms with E-state index in [-0.39, 0.29) is 32.8 Å². The molecule has 0 radical (unpaired) electrons. The molecule has 8 aromatic rings. The molecule has 0 unspecified atom stereocenters. The van der Waals surface area contributed by atoms with E-state index in [2.05, 4.69) is 171 Å². The molecule has 0 bridgehead atoms. The van der Waals surface area contributed by atoms with Gasteiger partial charge in [-0.25, -0.2) is 8.78 Å². The third-order valence-electron chi connectivity index (χ3n) is 11.9. The fourth-order valence-corrected chi connectivity index (χ4v) is 8.38. The average Bonchev–Trinajstić information content (AvgIpc) is 3.64. The van der Waals surface area contributed by atoms with Crippen LogP contribution in [0.2, 0.25) is 0 Å². The van der Waals surface area contributed by atoms with Crippen LogP contribution in [-0.4, -0.2) is 9.13 Å². The minimum Gasteiger partial charge on any atom is -0.309 e. The van der Waals surface area contributed by atoms with Gasteiger partial charge in [0.1, 0.15) is 11.6 Å². The Morgan fingerprint density at radius 2 is 0.776 bits per heavy atom. The summed E-state index contributed by atoms with van der Waals surface area (Å²) in [6.07, 6.45) is 0. The predicted octanol–water partition coefficient (Wildman–Crippen LogP) is 14.9. The number of nitrogens with zero attached hydrogens (tertiary/aromatic N) is 3. The number of benzene rings is 6. The minimum atomic E-state index is -0.779. The maximum Gasteiger partial charge on any atom is 0.135 e. The first kappa shape index (κ1) is 39.1. The summed E-state index contributed by atoms with van der Waals surface area (Å²) in [5.41, 5.74) is 10.2. The number of hydrogen-bond donors (Lipinski definition) is 0. The summed E-state index contributed by atoms with van der Waals surface area (Å²) >= 11 is 0. The van der Waals surface area contributed by atoms with E-state index >= 15 is 8.78 Å². The summed E-state index contributed by atoms with van der Waals surface area (Å²) in [4.78, 5) is 0. The van der Waals surface area contributed by atoms with Gasteiger partial charge in [0, 0.05) is 32.9 Å². The molecule has 0 saturated carbocycles. The van der Waals surface area contributed by atoms with E-state index in [1.807, 2.05) is 18.2 Å². The van der Waals surface area contributed by atoms with Crippen LogP contribution in [0.15, 0.2) is 103 Å². The molecule has 0 N–H and O–H groups in total. The zero-order chi connectivity index (χ0) is 41.9. The highest BCUT2D eigenvalue weighted by Gasteiger charge is 2.25. The van der Waals surface area contributed by atoms with Gasteiger partial charge in [-0.15, -0.1) is 0 Å². The number of nitriles is 1. The highest BCUT2D eigenvalue weighted by atomic mass is 19.1. The van der Waals surface area contributed by atoms with Gasteiger partial charge in [-0.05, 0) is 116 Å². The zero-order valence-electron chi connectivity index (χ0n) is 35.9. The molecule has 6 aromatic carbocycles. The number of halogens is 2. The van der Waals surface area contributed by atoms with Gasteiger partial charge in [-0.2, -0.15) is 5.26 Å². The molecule has 0 aliphatic heterocycles. The van der Waals surface area contributed by atoms with E-state index < -0.39 is 11.6 Å². The predicted molar refractivity (Wildman–Crippen MR) is 240 cm³/mol. The second kappa shape index (κ2) is 13.1. The Balaban J connectivity index is 1.54. The third-order valence-corrected chi connectivity index (χ3v) is 11.9. The fraction of sp³-hybridized carbons (Fsp3) is 0.302. The van der Waals surface area contributed by atoms with Gasteiger partial charge in [0.2, 0.25) is 0 Å². The van der Waals surface area contributed by atoms with Gasteiger partial charge in [0.15, 0.2) is 0 Å². The smallest absolute Gasteiger partial charge is 0.135 e. The van der Waals surface area contributed by atoms with Crippen LogP contribution >= 0.6 is 0 Å². The van der Waals surface area contributed by atoms with Crippen LogP contribution in [0.4, 0.5) is 8.78 Å². The van der Waals surface area contributed by atoms with E-state index in [1.165, 1.54) is 22.3 Å². The van der Waals surface area contributed by atoms with Crippen molar-refractivity contribution < 1.29 is 8.78 Å². The first-order valence-corrected chi connectivity index (χ1v) is 20.3. The van der Waals surface area contributed by atoms with Crippen molar-refractivity contribution >= 4 is 43.6 Å². The molecule has 0 fully saturated rings. The molecule has 2 heterocycles. The Bertz CT molecular complexity index is 2820. The van der Waals surface area contributed by atoms with Crippen molar-refractivity contribution in [3.63, 3.8) is 0 Å². The molecular weight excluding hydrogens is 717 g/mol. The number of aromatic nitrogens is 2. The Morgan fingerprint density at radius 3 is 1.14 bits per heavy atom. The van der Waals surface area contributed by atoms with Crippen molar-refractivity contribution in [1.82, 2.24) is 9.13 Å². The second-order valence-corrected chi connectivity index (χ2v) is 20.3. The van der Waals surface area contributed by atoms with Gasteiger partial charge in [-0.1, -0.05) is 119 Å². The topological polar surface area (TPSA) is 33.6 Å². The Hall–Kier alpha value is -5.73. The Kier molecular flexibility index (Phi) is 8.87. The number of fused-ring (bicyclic) bond motifs is 6. The first-order valence-electron chi connectivity index (χ1n) is 20.3. The first-order chi connectivity index (χ1) is 27.0. The summed E-state index contributed by atoms with van der Waals surface area (Å²) < 4.78 is 36.9. The van der Waals surface area contributed by atoms with Gasteiger partial charge in [0.05, 0.1) is 39.3 Å². The summed E-state index contributed by atoms with van der Waals surface area (Å²) in [5, 5.41) is 14.1. The molecule has 8 rings (SSSR count). The molecule has 0 spiro atoms. The summed E-state index contributed by atoms with van der Waals surface area (Å²) in [6, 6.07) is 36.9. The molecule has 3 nitrogen and oxygen atoms in total. The maximum atomic E-state index is 16.2. The Labute approximate surface area is 341 Å². The van der Waals surface area contributed by atoms with Crippen LogP contribution in [0.1, 0.15) is 111 Å². The molecule has 294 valence electrons.